The van der Waals surface area contributed by atoms with E-state index in [-0.39, 0.29) is 0 Å². The highest BCUT2D eigenvalue weighted by molar-refractivity contribution is 5.88. The molecule has 2 heteroatoms. The minimum atomic E-state index is 0.743. The number of nitrogens with zero attached hydrogens (tertiary/aromatic N) is 2. The van der Waals surface area contributed by atoms with E-state index < -0.39 is 0 Å². The van der Waals surface area contributed by atoms with Gasteiger partial charge in [0, 0.05) is 24.4 Å². The predicted octanol–water partition coefficient (Wildman–Crippen LogP) is 2.08. The van der Waals surface area contributed by atoms with Crippen molar-refractivity contribution in [1.82, 2.24) is 4.90 Å². The van der Waals surface area contributed by atoms with Crippen LogP contribution in [0.5, 0.6) is 0 Å². The highest BCUT2D eigenvalue weighted by Crippen LogP contribution is 2.20. The zero-order valence-electron chi connectivity index (χ0n) is 8.37. The third kappa shape index (κ3) is 2.19. The van der Waals surface area contributed by atoms with Crippen molar-refractivity contribution in [3.63, 3.8) is 0 Å². The van der Waals surface area contributed by atoms with Crippen molar-refractivity contribution in [2.24, 2.45) is 10.9 Å². The molecule has 0 aromatic rings. The molecule has 2 aliphatic heterocycles. The van der Waals surface area contributed by atoms with Crippen LogP contribution >= 0.6 is 0 Å². The van der Waals surface area contributed by atoms with Gasteiger partial charge in [0.25, 0.3) is 0 Å². The molecule has 0 N–H and O–H groups in total. The molecule has 2 aliphatic rings. The minimum absolute atomic E-state index is 0.743. The van der Waals surface area contributed by atoms with Crippen molar-refractivity contribution < 1.29 is 0 Å². The number of likely N-dealkylation sites (tertiary alicyclic amines) is 1. The molecule has 13 heavy (non-hydrogen) atoms. The average Bonchev–Trinajstić information content (AvgIpc) is 2.43. The van der Waals surface area contributed by atoms with Crippen molar-refractivity contribution in [2.75, 3.05) is 20.1 Å². The summed E-state index contributed by atoms with van der Waals surface area (Å²) < 4.78 is 0. The fourth-order valence-electron chi connectivity index (χ4n) is 2.21. The highest BCUT2D eigenvalue weighted by atomic mass is 15.1. The Balaban J connectivity index is 1.99. The fraction of sp³-hybridized carbons (Fsp3) is 0.727. The Morgan fingerprint density at radius 3 is 3.23 bits per heavy atom. The Bertz CT molecular complexity index is 230. The van der Waals surface area contributed by atoms with Crippen LogP contribution in [0, 0.1) is 5.92 Å². The topological polar surface area (TPSA) is 15.6 Å². The smallest absolute Gasteiger partial charge is 0.0227 e. The zero-order chi connectivity index (χ0) is 9.10. The van der Waals surface area contributed by atoms with Crippen LogP contribution in [0.25, 0.3) is 0 Å². The van der Waals surface area contributed by atoms with E-state index in [1.807, 2.05) is 6.20 Å². The third-order valence-corrected chi connectivity index (χ3v) is 3.01. The van der Waals surface area contributed by atoms with Crippen LogP contribution in [0.2, 0.25) is 0 Å². The summed E-state index contributed by atoms with van der Waals surface area (Å²) in [5.41, 5.74) is 1.44. The molecule has 72 valence electrons. The molecule has 1 saturated heterocycles. The fourth-order valence-corrected chi connectivity index (χ4v) is 2.21. The van der Waals surface area contributed by atoms with Gasteiger partial charge < -0.3 is 4.90 Å². The molecule has 1 atom stereocenters. The lowest BCUT2D eigenvalue weighted by atomic mass is 9.98. The molecule has 0 aromatic carbocycles. The first-order valence-corrected chi connectivity index (χ1v) is 5.26. The van der Waals surface area contributed by atoms with E-state index in [4.69, 9.17) is 0 Å². The van der Waals surface area contributed by atoms with Crippen LogP contribution in [0.3, 0.4) is 0 Å². The summed E-state index contributed by atoms with van der Waals surface area (Å²) in [6.45, 7) is 2.46. The molecule has 0 saturated carbocycles. The van der Waals surface area contributed by atoms with Gasteiger partial charge in [0.2, 0.25) is 0 Å². The third-order valence-electron chi connectivity index (χ3n) is 3.01. The molecule has 1 fully saturated rings. The molecule has 0 spiro atoms. The van der Waals surface area contributed by atoms with E-state index in [0.29, 0.717) is 0 Å². The molecule has 0 radical (unpaired) electrons. The molecule has 0 bridgehead atoms. The summed E-state index contributed by atoms with van der Waals surface area (Å²) in [4.78, 5) is 6.95. The van der Waals surface area contributed by atoms with Gasteiger partial charge in [0.15, 0.2) is 0 Å². The van der Waals surface area contributed by atoms with Gasteiger partial charge >= 0.3 is 0 Å². The Morgan fingerprint density at radius 2 is 2.46 bits per heavy atom. The summed E-state index contributed by atoms with van der Waals surface area (Å²) >= 11 is 0. The van der Waals surface area contributed by atoms with Gasteiger partial charge in [-0.15, -0.1) is 0 Å². The average molecular weight is 178 g/mol. The minimum Gasteiger partial charge on any atom is -0.306 e. The molecule has 0 amide bonds. The second-order valence-electron chi connectivity index (χ2n) is 4.15. The first kappa shape index (κ1) is 8.95. The van der Waals surface area contributed by atoms with Crippen molar-refractivity contribution >= 4 is 5.71 Å². The van der Waals surface area contributed by atoms with Crippen molar-refractivity contribution in [1.29, 1.82) is 0 Å². The zero-order valence-corrected chi connectivity index (χ0v) is 8.37. The molecular formula is C11H18N2. The SMILES string of the molecule is CN1CC[C@@H](C2=NC=CCCC2)C1. The van der Waals surface area contributed by atoms with Crippen LogP contribution in [0.4, 0.5) is 0 Å². The van der Waals surface area contributed by atoms with Crippen LogP contribution in [-0.2, 0) is 0 Å². The van der Waals surface area contributed by atoms with Gasteiger partial charge in [-0.2, -0.15) is 0 Å². The normalized spacial score (nSPS) is 30.2. The number of allylic oxidation sites excluding steroid dienone is 1. The number of hydrogen-bond donors (Lipinski definition) is 0. The Hall–Kier alpha value is -0.630. The van der Waals surface area contributed by atoms with Gasteiger partial charge in [0.05, 0.1) is 0 Å². The number of aliphatic imine (C=N–C) groups is 1. The Kier molecular flexibility index (Phi) is 2.79. The molecule has 0 aliphatic carbocycles. The van der Waals surface area contributed by atoms with Gasteiger partial charge in [-0.05, 0) is 39.3 Å². The summed E-state index contributed by atoms with van der Waals surface area (Å²) in [7, 11) is 2.20. The monoisotopic (exact) mass is 178 g/mol. The highest BCUT2D eigenvalue weighted by Gasteiger charge is 2.23. The molecular weight excluding hydrogens is 160 g/mol. The lowest BCUT2D eigenvalue weighted by Crippen LogP contribution is -2.19. The van der Waals surface area contributed by atoms with Gasteiger partial charge in [-0.3, -0.25) is 4.99 Å². The van der Waals surface area contributed by atoms with Gasteiger partial charge in [0.1, 0.15) is 0 Å². The largest absolute Gasteiger partial charge is 0.306 e. The maximum atomic E-state index is 4.55. The second kappa shape index (κ2) is 4.05. The van der Waals surface area contributed by atoms with Crippen LogP contribution in [-0.4, -0.2) is 30.7 Å². The summed E-state index contributed by atoms with van der Waals surface area (Å²) in [5.74, 6) is 0.743. The first-order valence-electron chi connectivity index (χ1n) is 5.26. The van der Waals surface area contributed by atoms with E-state index in [1.165, 1.54) is 44.5 Å². The standard InChI is InChI=1S/C11H18N2/c1-13-8-6-10(9-13)11-5-3-2-4-7-12-11/h4,7,10H,2-3,5-6,8-9H2,1H3/t10-/m1/s1. The van der Waals surface area contributed by atoms with Crippen LogP contribution < -0.4 is 0 Å². The maximum Gasteiger partial charge on any atom is 0.0227 e. The summed E-state index contributed by atoms with van der Waals surface area (Å²) in [6, 6.07) is 0. The molecule has 2 heterocycles. The maximum absolute atomic E-state index is 4.55. The van der Waals surface area contributed by atoms with Crippen molar-refractivity contribution in [3.05, 3.63) is 12.3 Å². The van der Waals surface area contributed by atoms with E-state index in [9.17, 15) is 0 Å². The Labute approximate surface area is 80.3 Å². The molecule has 0 aromatic heterocycles. The van der Waals surface area contributed by atoms with Crippen LogP contribution in [0.1, 0.15) is 25.7 Å². The predicted molar refractivity (Wildman–Crippen MR) is 56.0 cm³/mol. The van der Waals surface area contributed by atoms with Crippen molar-refractivity contribution in [3.8, 4) is 0 Å². The quantitative estimate of drug-likeness (QED) is 0.600. The van der Waals surface area contributed by atoms with E-state index in [1.54, 1.807) is 0 Å². The lowest BCUT2D eigenvalue weighted by molar-refractivity contribution is 0.410. The first-order chi connectivity index (χ1) is 6.36. The van der Waals surface area contributed by atoms with Crippen molar-refractivity contribution in [2.45, 2.75) is 25.7 Å². The summed E-state index contributed by atoms with van der Waals surface area (Å²) in [6.07, 6.45) is 9.20. The summed E-state index contributed by atoms with van der Waals surface area (Å²) in [5, 5.41) is 0. The van der Waals surface area contributed by atoms with E-state index in [0.717, 1.165) is 5.92 Å². The van der Waals surface area contributed by atoms with Gasteiger partial charge in [-0.25, -0.2) is 0 Å². The van der Waals surface area contributed by atoms with E-state index >= 15 is 0 Å². The molecule has 2 nitrogen and oxygen atoms in total. The lowest BCUT2D eigenvalue weighted by Gasteiger charge is -2.12. The second-order valence-corrected chi connectivity index (χ2v) is 4.15. The molecule has 2 rings (SSSR count). The number of hydrogen-bond acceptors (Lipinski definition) is 2. The van der Waals surface area contributed by atoms with Gasteiger partial charge in [-0.1, -0.05) is 6.08 Å². The van der Waals surface area contributed by atoms with Crippen LogP contribution in [0.15, 0.2) is 17.3 Å². The molecule has 0 unspecified atom stereocenters. The Morgan fingerprint density at radius 1 is 1.54 bits per heavy atom. The number of rotatable bonds is 1. The van der Waals surface area contributed by atoms with E-state index in [2.05, 4.69) is 23.0 Å².